The molecule has 4 nitrogen and oxygen atoms in total. The van der Waals surface area contributed by atoms with Gasteiger partial charge >= 0.3 is 0 Å². The van der Waals surface area contributed by atoms with Crippen molar-refractivity contribution in [3.8, 4) is 0 Å². The van der Waals surface area contributed by atoms with Gasteiger partial charge in [-0.1, -0.05) is 0 Å². The van der Waals surface area contributed by atoms with Crippen molar-refractivity contribution in [3.05, 3.63) is 18.6 Å². The van der Waals surface area contributed by atoms with Gasteiger partial charge in [-0.3, -0.25) is 5.41 Å². The maximum absolute atomic E-state index is 7.04. The van der Waals surface area contributed by atoms with Gasteiger partial charge in [0.15, 0.2) is 0 Å². The molecule has 0 unspecified atom stereocenters. The summed E-state index contributed by atoms with van der Waals surface area (Å²) >= 11 is 1.71. The van der Waals surface area contributed by atoms with Crippen molar-refractivity contribution in [3.63, 3.8) is 0 Å². The molecule has 1 aromatic heterocycles. The molecule has 76 valence electrons. The van der Waals surface area contributed by atoms with Crippen LogP contribution in [0.25, 0.3) is 0 Å². The van der Waals surface area contributed by atoms with Crippen LogP contribution in [-0.4, -0.2) is 21.6 Å². The Balaban J connectivity index is 2.08. The Morgan fingerprint density at radius 3 is 3.00 bits per heavy atom. The van der Waals surface area contributed by atoms with E-state index in [9.17, 15) is 0 Å². The summed E-state index contributed by atoms with van der Waals surface area (Å²) in [7, 11) is 0. The lowest BCUT2D eigenvalue weighted by Crippen LogP contribution is -2.08. The molecule has 0 aliphatic carbocycles. The van der Waals surface area contributed by atoms with Crippen LogP contribution in [0.2, 0.25) is 0 Å². The maximum Gasteiger partial charge on any atom is 0.116 e. The first-order valence-electron chi connectivity index (χ1n) is 4.51. The van der Waals surface area contributed by atoms with E-state index in [0.29, 0.717) is 6.42 Å². The third-order valence-electron chi connectivity index (χ3n) is 1.65. The summed E-state index contributed by atoms with van der Waals surface area (Å²) in [5, 5.41) is 8.05. The van der Waals surface area contributed by atoms with Crippen LogP contribution in [0, 0.1) is 5.41 Å². The molecule has 0 amide bonds. The zero-order chi connectivity index (χ0) is 10.2. The zero-order valence-electron chi connectivity index (χ0n) is 7.94. The van der Waals surface area contributed by atoms with Crippen molar-refractivity contribution in [1.29, 1.82) is 5.41 Å². The highest BCUT2D eigenvalue weighted by Gasteiger charge is 1.95. The standard InChI is InChI=1S/C9H14N4S/c10-8(11)3-1-2-6-14-9-4-5-12-7-13-9/h4-5,7H,1-3,6H2,(H3,10,11). The van der Waals surface area contributed by atoms with Gasteiger partial charge in [0.1, 0.15) is 6.33 Å². The quantitative estimate of drug-likeness (QED) is 0.246. The second-order valence-electron chi connectivity index (χ2n) is 2.88. The fourth-order valence-corrected chi connectivity index (χ4v) is 1.79. The van der Waals surface area contributed by atoms with Crippen LogP contribution >= 0.6 is 11.8 Å². The smallest absolute Gasteiger partial charge is 0.116 e. The van der Waals surface area contributed by atoms with Crippen LogP contribution in [0.5, 0.6) is 0 Å². The molecule has 0 spiro atoms. The summed E-state index contributed by atoms with van der Waals surface area (Å²) in [4.78, 5) is 7.94. The Kier molecular flexibility index (Phi) is 4.99. The molecule has 0 aliphatic rings. The number of aromatic nitrogens is 2. The van der Waals surface area contributed by atoms with Crippen molar-refractivity contribution in [1.82, 2.24) is 9.97 Å². The van der Waals surface area contributed by atoms with E-state index in [4.69, 9.17) is 11.1 Å². The second kappa shape index (κ2) is 6.37. The van der Waals surface area contributed by atoms with Crippen LogP contribution in [0.4, 0.5) is 0 Å². The average Bonchev–Trinajstić information content (AvgIpc) is 2.18. The van der Waals surface area contributed by atoms with E-state index in [1.807, 2.05) is 6.07 Å². The van der Waals surface area contributed by atoms with Gasteiger partial charge in [0, 0.05) is 12.6 Å². The van der Waals surface area contributed by atoms with E-state index >= 15 is 0 Å². The van der Waals surface area contributed by atoms with Crippen molar-refractivity contribution < 1.29 is 0 Å². The topological polar surface area (TPSA) is 75.7 Å². The Morgan fingerprint density at radius 1 is 1.50 bits per heavy atom. The third kappa shape index (κ3) is 4.81. The highest BCUT2D eigenvalue weighted by Crippen LogP contribution is 2.15. The summed E-state index contributed by atoms with van der Waals surface area (Å²) in [6.45, 7) is 0. The molecule has 0 atom stereocenters. The van der Waals surface area contributed by atoms with Crippen molar-refractivity contribution in [2.45, 2.75) is 24.3 Å². The van der Waals surface area contributed by atoms with Crippen LogP contribution in [0.1, 0.15) is 19.3 Å². The van der Waals surface area contributed by atoms with Crippen LogP contribution < -0.4 is 5.73 Å². The van der Waals surface area contributed by atoms with Crippen LogP contribution in [0.15, 0.2) is 23.6 Å². The van der Waals surface area contributed by atoms with Gasteiger partial charge in [-0.25, -0.2) is 9.97 Å². The Labute approximate surface area is 87.8 Å². The van der Waals surface area contributed by atoms with Crippen LogP contribution in [0.3, 0.4) is 0 Å². The van der Waals surface area contributed by atoms with E-state index in [-0.39, 0.29) is 5.84 Å². The van der Waals surface area contributed by atoms with Gasteiger partial charge in [-0.05, 0) is 24.7 Å². The summed E-state index contributed by atoms with van der Waals surface area (Å²) < 4.78 is 0. The summed E-state index contributed by atoms with van der Waals surface area (Å²) in [6, 6.07) is 1.90. The van der Waals surface area contributed by atoms with Gasteiger partial charge < -0.3 is 5.73 Å². The molecule has 0 bridgehead atoms. The first-order valence-corrected chi connectivity index (χ1v) is 5.49. The largest absolute Gasteiger partial charge is 0.388 e. The normalized spacial score (nSPS) is 10.0. The van der Waals surface area contributed by atoms with E-state index in [0.717, 1.165) is 23.6 Å². The molecule has 0 saturated carbocycles. The van der Waals surface area contributed by atoms with E-state index in [2.05, 4.69) is 9.97 Å². The Bertz CT molecular complexity index is 275. The number of nitrogens with zero attached hydrogens (tertiary/aromatic N) is 2. The first-order chi connectivity index (χ1) is 6.79. The number of thioether (sulfide) groups is 1. The number of hydrogen-bond donors (Lipinski definition) is 2. The lowest BCUT2D eigenvalue weighted by Gasteiger charge is -1.99. The highest BCUT2D eigenvalue weighted by atomic mass is 32.2. The highest BCUT2D eigenvalue weighted by molar-refractivity contribution is 7.99. The van der Waals surface area contributed by atoms with Gasteiger partial charge in [-0.2, -0.15) is 0 Å². The SMILES string of the molecule is N=C(N)CCCCSc1ccncn1. The van der Waals surface area contributed by atoms with Crippen molar-refractivity contribution >= 4 is 17.6 Å². The minimum Gasteiger partial charge on any atom is -0.388 e. The molecule has 0 aliphatic heterocycles. The molecule has 5 heteroatoms. The molecule has 0 aromatic carbocycles. The minimum absolute atomic E-state index is 0.275. The predicted octanol–water partition coefficient (Wildman–Crippen LogP) is 1.67. The monoisotopic (exact) mass is 210 g/mol. The van der Waals surface area contributed by atoms with Gasteiger partial charge in [0.25, 0.3) is 0 Å². The molecule has 0 saturated heterocycles. The van der Waals surface area contributed by atoms with Crippen molar-refractivity contribution in [2.75, 3.05) is 5.75 Å². The fourth-order valence-electron chi connectivity index (χ4n) is 0.958. The number of rotatable bonds is 6. The first kappa shape index (κ1) is 11.0. The molecule has 14 heavy (non-hydrogen) atoms. The lowest BCUT2D eigenvalue weighted by atomic mass is 10.2. The fraction of sp³-hybridized carbons (Fsp3) is 0.444. The Morgan fingerprint density at radius 2 is 2.36 bits per heavy atom. The molecule has 0 fully saturated rings. The zero-order valence-corrected chi connectivity index (χ0v) is 8.76. The number of nitrogens with two attached hydrogens (primary N) is 1. The molecule has 1 heterocycles. The molecule has 1 aromatic rings. The molecular weight excluding hydrogens is 196 g/mol. The van der Waals surface area contributed by atoms with Crippen LogP contribution in [-0.2, 0) is 0 Å². The van der Waals surface area contributed by atoms with Gasteiger partial charge in [-0.15, -0.1) is 11.8 Å². The summed E-state index contributed by atoms with van der Waals surface area (Å²) in [6.07, 6.45) is 6.04. The lowest BCUT2D eigenvalue weighted by molar-refractivity contribution is 0.835. The number of unbranched alkanes of at least 4 members (excludes halogenated alkanes) is 1. The number of nitrogens with one attached hydrogen (secondary N) is 1. The Hall–Kier alpha value is -1.10. The second-order valence-corrected chi connectivity index (χ2v) is 3.99. The van der Waals surface area contributed by atoms with Gasteiger partial charge in [0.2, 0.25) is 0 Å². The molecular formula is C9H14N4S. The number of amidine groups is 1. The molecule has 1 rings (SSSR count). The van der Waals surface area contributed by atoms with E-state index in [1.54, 1.807) is 24.3 Å². The van der Waals surface area contributed by atoms with Crippen molar-refractivity contribution in [2.24, 2.45) is 5.73 Å². The summed E-state index contributed by atoms with van der Waals surface area (Å²) in [5.41, 5.74) is 5.24. The van der Waals surface area contributed by atoms with Gasteiger partial charge in [0.05, 0.1) is 10.9 Å². The number of hydrogen-bond acceptors (Lipinski definition) is 4. The van der Waals surface area contributed by atoms with E-state index < -0.39 is 0 Å². The molecule has 3 N–H and O–H groups in total. The third-order valence-corrected chi connectivity index (χ3v) is 2.68. The summed E-state index contributed by atoms with van der Waals surface area (Å²) in [5.74, 6) is 1.29. The minimum atomic E-state index is 0.275. The predicted molar refractivity (Wildman–Crippen MR) is 58.5 cm³/mol. The maximum atomic E-state index is 7.04. The molecule has 0 radical (unpaired) electrons. The van der Waals surface area contributed by atoms with E-state index in [1.165, 1.54) is 0 Å². The average molecular weight is 210 g/mol.